The van der Waals surface area contributed by atoms with Crippen molar-refractivity contribution in [3.8, 4) is 5.75 Å². The molecule has 0 aromatic heterocycles. The van der Waals surface area contributed by atoms with Gasteiger partial charge in [-0.2, -0.15) is 0 Å². The van der Waals surface area contributed by atoms with Gasteiger partial charge in [0.1, 0.15) is 11.4 Å². The highest BCUT2D eigenvalue weighted by atomic mass is 32.2. The summed E-state index contributed by atoms with van der Waals surface area (Å²) in [5, 5.41) is 13.7. The van der Waals surface area contributed by atoms with E-state index in [-0.39, 0.29) is 5.69 Å². The number of nitrogens with one attached hydrogen (secondary N) is 1. The summed E-state index contributed by atoms with van der Waals surface area (Å²) in [7, 11) is 1.66. The fourth-order valence-electron chi connectivity index (χ4n) is 1.33. The van der Waals surface area contributed by atoms with Crippen LogP contribution in [0, 0.1) is 10.1 Å². The Balaban J connectivity index is 3.28. The molecule has 0 heterocycles. The van der Waals surface area contributed by atoms with Crippen LogP contribution in [0.4, 0.5) is 11.4 Å². The van der Waals surface area contributed by atoms with Gasteiger partial charge in [-0.15, -0.1) is 11.8 Å². The Kier molecular flexibility index (Phi) is 4.42. The minimum Gasteiger partial charge on any atom is -0.492 e. The zero-order valence-electron chi connectivity index (χ0n) is 9.44. The number of nitro groups is 1. The van der Waals surface area contributed by atoms with E-state index in [2.05, 4.69) is 5.32 Å². The highest BCUT2D eigenvalue weighted by molar-refractivity contribution is 7.98. The lowest BCUT2D eigenvalue weighted by Crippen LogP contribution is -2.00. The quantitative estimate of drug-likeness (QED) is 0.488. The lowest BCUT2D eigenvalue weighted by atomic mass is 10.2. The molecule has 1 aromatic carbocycles. The molecule has 0 fully saturated rings. The minimum absolute atomic E-state index is 0.0313. The normalized spacial score (nSPS) is 9.94. The van der Waals surface area contributed by atoms with Gasteiger partial charge in [0.05, 0.1) is 22.5 Å². The van der Waals surface area contributed by atoms with E-state index in [1.54, 1.807) is 13.1 Å². The Hall–Kier alpha value is -1.43. The second-order valence-electron chi connectivity index (χ2n) is 2.96. The first kappa shape index (κ1) is 12.6. The molecular formula is C10H14N2O3S. The van der Waals surface area contributed by atoms with Gasteiger partial charge in [-0.05, 0) is 19.2 Å². The average Bonchev–Trinajstić information content (AvgIpc) is 2.28. The summed E-state index contributed by atoms with van der Waals surface area (Å²) in [4.78, 5) is 11.3. The van der Waals surface area contributed by atoms with E-state index in [9.17, 15) is 10.1 Å². The van der Waals surface area contributed by atoms with Crippen molar-refractivity contribution in [2.24, 2.45) is 0 Å². The smallest absolute Gasteiger partial charge is 0.296 e. The Morgan fingerprint density at radius 3 is 2.69 bits per heavy atom. The van der Waals surface area contributed by atoms with E-state index in [4.69, 9.17) is 4.74 Å². The van der Waals surface area contributed by atoms with Gasteiger partial charge in [0.15, 0.2) is 0 Å². The minimum atomic E-state index is -0.418. The number of nitro benzene ring substituents is 1. The van der Waals surface area contributed by atoms with Crippen LogP contribution in [-0.2, 0) is 0 Å². The summed E-state index contributed by atoms with van der Waals surface area (Å²) >= 11 is 1.50. The van der Waals surface area contributed by atoms with Crippen molar-refractivity contribution >= 4 is 23.1 Å². The summed E-state index contributed by atoms with van der Waals surface area (Å²) < 4.78 is 5.37. The predicted octanol–water partition coefficient (Wildman–Crippen LogP) is 2.76. The Bertz CT molecular complexity index is 396. The molecule has 0 atom stereocenters. The zero-order chi connectivity index (χ0) is 12.1. The number of benzene rings is 1. The largest absolute Gasteiger partial charge is 0.492 e. The van der Waals surface area contributed by atoms with Crippen molar-refractivity contribution in [2.45, 2.75) is 11.8 Å². The monoisotopic (exact) mass is 242 g/mol. The van der Waals surface area contributed by atoms with Crippen LogP contribution >= 0.6 is 11.8 Å². The van der Waals surface area contributed by atoms with Crippen molar-refractivity contribution in [1.82, 2.24) is 0 Å². The van der Waals surface area contributed by atoms with Gasteiger partial charge < -0.3 is 10.1 Å². The standard InChI is InChI=1S/C10H14N2O3S/c1-4-15-9-6-8(12(13)14)7(11-2)5-10(9)16-3/h5-6,11H,4H2,1-3H3. The summed E-state index contributed by atoms with van der Waals surface area (Å²) in [5.41, 5.74) is 0.529. The van der Waals surface area contributed by atoms with Crippen LogP contribution in [0.2, 0.25) is 0 Å². The number of thioether (sulfide) groups is 1. The molecular weight excluding hydrogens is 228 g/mol. The molecule has 5 nitrogen and oxygen atoms in total. The van der Waals surface area contributed by atoms with E-state index in [0.29, 0.717) is 18.0 Å². The van der Waals surface area contributed by atoms with Crippen LogP contribution in [0.25, 0.3) is 0 Å². The summed E-state index contributed by atoms with van der Waals surface area (Å²) in [5.74, 6) is 0.556. The van der Waals surface area contributed by atoms with E-state index in [1.165, 1.54) is 17.8 Å². The average molecular weight is 242 g/mol. The van der Waals surface area contributed by atoms with Crippen LogP contribution in [0.5, 0.6) is 5.75 Å². The number of nitrogens with zero attached hydrogens (tertiary/aromatic N) is 1. The summed E-state index contributed by atoms with van der Waals surface area (Å²) in [6.45, 7) is 2.34. The molecule has 0 amide bonds. The van der Waals surface area contributed by atoms with Gasteiger partial charge in [-0.1, -0.05) is 0 Å². The molecule has 0 unspecified atom stereocenters. The van der Waals surface area contributed by atoms with Crippen LogP contribution in [-0.4, -0.2) is 24.8 Å². The molecule has 6 heteroatoms. The Morgan fingerprint density at radius 2 is 2.25 bits per heavy atom. The second-order valence-corrected chi connectivity index (χ2v) is 3.81. The van der Waals surface area contributed by atoms with Gasteiger partial charge in [0.25, 0.3) is 5.69 Å². The molecule has 1 aromatic rings. The zero-order valence-corrected chi connectivity index (χ0v) is 10.3. The van der Waals surface area contributed by atoms with Crippen molar-refractivity contribution < 1.29 is 9.66 Å². The molecule has 16 heavy (non-hydrogen) atoms. The van der Waals surface area contributed by atoms with Crippen molar-refractivity contribution in [3.05, 3.63) is 22.2 Å². The lowest BCUT2D eigenvalue weighted by molar-refractivity contribution is -0.384. The maximum atomic E-state index is 10.8. The highest BCUT2D eigenvalue weighted by Gasteiger charge is 2.17. The molecule has 1 N–H and O–H groups in total. The molecule has 0 aliphatic carbocycles. The van der Waals surface area contributed by atoms with Crippen molar-refractivity contribution in [2.75, 3.05) is 25.2 Å². The van der Waals surface area contributed by atoms with Crippen molar-refractivity contribution in [3.63, 3.8) is 0 Å². The van der Waals surface area contributed by atoms with Gasteiger partial charge >= 0.3 is 0 Å². The first-order valence-corrected chi connectivity index (χ1v) is 6.03. The molecule has 0 radical (unpaired) electrons. The van der Waals surface area contributed by atoms with E-state index in [1.807, 2.05) is 13.2 Å². The SMILES string of the molecule is CCOc1cc([N+](=O)[O-])c(NC)cc1SC. The van der Waals surface area contributed by atoms with Gasteiger partial charge in [-0.25, -0.2) is 0 Å². The fraction of sp³-hybridized carbons (Fsp3) is 0.400. The number of hydrogen-bond donors (Lipinski definition) is 1. The van der Waals surface area contributed by atoms with Crippen LogP contribution in [0.15, 0.2) is 17.0 Å². The van der Waals surface area contributed by atoms with Crippen LogP contribution in [0.3, 0.4) is 0 Å². The molecule has 0 aliphatic heterocycles. The molecule has 1 rings (SSSR count). The number of hydrogen-bond acceptors (Lipinski definition) is 5. The third-order valence-corrected chi connectivity index (χ3v) is 2.81. The molecule has 0 saturated heterocycles. The molecule has 88 valence electrons. The van der Waals surface area contributed by atoms with E-state index in [0.717, 1.165) is 4.90 Å². The van der Waals surface area contributed by atoms with Crippen LogP contribution in [0.1, 0.15) is 6.92 Å². The highest BCUT2D eigenvalue weighted by Crippen LogP contribution is 2.37. The molecule has 0 spiro atoms. The van der Waals surface area contributed by atoms with Crippen LogP contribution < -0.4 is 10.1 Å². The molecule has 0 bridgehead atoms. The Morgan fingerprint density at radius 1 is 1.56 bits per heavy atom. The molecule has 0 aliphatic rings. The number of ether oxygens (including phenoxy) is 1. The van der Waals surface area contributed by atoms with Gasteiger partial charge in [0.2, 0.25) is 0 Å². The maximum Gasteiger partial charge on any atom is 0.296 e. The first-order chi connectivity index (χ1) is 7.63. The summed E-state index contributed by atoms with van der Waals surface area (Å²) in [6.07, 6.45) is 1.91. The fourth-order valence-corrected chi connectivity index (χ4v) is 1.88. The predicted molar refractivity (Wildman–Crippen MR) is 65.6 cm³/mol. The topological polar surface area (TPSA) is 64.4 Å². The number of rotatable bonds is 5. The van der Waals surface area contributed by atoms with Gasteiger partial charge in [-0.3, -0.25) is 10.1 Å². The molecule has 0 saturated carbocycles. The third-order valence-electron chi connectivity index (χ3n) is 2.05. The maximum absolute atomic E-state index is 10.8. The van der Waals surface area contributed by atoms with E-state index >= 15 is 0 Å². The van der Waals surface area contributed by atoms with E-state index < -0.39 is 4.92 Å². The van der Waals surface area contributed by atoms with Gasteiger partial charge in [0, 0.05) is 7.05 Å². The first-order valence-electron chi connectivity index (χ1n) is 4.81. The lowest BCUT2D eigenvalue weighted by Gasteiger charge is -2.10. The summed E-state index contributed by atoms with van der Waals surface area (Å²) in [6, 6.07) is 3.19. The second kappa shape index (κ2) is 5.60. The van der Waals surface area contributed by atoms with Crippen molar-refractivity contribution in [1.29, 1.82) is 0 Å². The Labute approximate surface area is 98.3 Å². The number of anilines is 1. The third kappa shape index (κ3) is 2.57.